The van der Waals surface area contributed by atoms with Gasteiger partial charge in [0.15, 0.2) is 5.17 Å². The van der Waals surface area contributed by atoms with Gasteiger partial charge in [-0.2, -0.15) is 0 Å². The van der Waals surface area contributed by atoms with Gasteiger partial charge in [0.1, 0.15) is 0 Å². The molecule has 0 saturated carbocycles. The van der Waals surface area contributed by atoms with Crippen molar-refractivity contribution in [2.75, 3.05) is 0 Å². The Kier molecular flexibility index (Phi) is 4.38. The Morgan fingerprint density at radius 2 is 1.92 bits per heavy atom. The second kappa shape index (κ2) is 4.59. The summed E-state index contributed by atoms with van der Waals surface area (Å²) >= 11 is 4.21. The maximum absolute atomic E-state index is 10.2. The van der Waals surface area contributed by atoms with Crippen LogP contribution in [0.5, 0.6) is 0 Å². The van der Waals surface area contributed by atoms with E-state index in [2.05, 4.69) is 11.7 Å². The lowest BCUT2D eigenvalue weighted by Gasteiger charge is -2.24. The molecule has 0 aromatic rings. The first kappa shape index (κ1) is 12.4. The fraction of sp³-hybridized carbons (Fsp3) is 0. The molecule has 0 aliphatic carbocycles. The standard InChI is InChI=1S/C6H8N2O2S2.ClH/c7-5(8-6(9)10)12(11)3-1-2-4-12;/h1-4,11H,(H2,7,8)(H,9,10);1H. The minimum Gasteiger partial charge on any atom is -0.465 e. The van der Waals surface area contributed by atoms with Crippen LogP contribution in [-0.2, 0) is 0 Å². The van der Waals surface area contributed by atoms with Gasteiger partial charge in [0, 0.05) is 0 Å². The van der Waals surface area contributed by atoms with Crippen LogP contribution < -0.4 is 5.32 Å². The predicted octanol–water partition coefficient (Wildman–Crippen LogP) is 2.30. The monoisotopic (exact) mass is 240 g/mol. The summed E-state index contributed by atoms with van der Waals surface area (Å²) in [5.74, 6) is 0. The minimum absolute atomic E-state index is 0. The van der Waals surface area contributed by atoms with Crippen molar-refractivity contribution in [2.24, 2.45) is 0 Å². The van der Waals surface area contributed by atoms with Gasteiger partial charge in [-0.1, -0.05) is 21.2 Å². The highest BCUT2D eigenvalue weighted by molar-refractivity contribution is 8.96. The molecule has 1 aliphatic rings. The van der Waals surface area contributed by atoms with E-state index in [1.54, 1.807) is 23.0 Å². The summed E-state index contributed by atoms with van der Waals surface area (Å²) < 4.78 is 0. The SMILES string of the molecule is Cl.N=C(NC(=O)O)S1(S)C=CC=C1. The number of carbonyl (C=O) groups is 1. The summed E-state index contributed by atoms with van der Waals surface area (Å²) in [4.78, 5) is 10.2. The zero-order valence-electron chi connectivity index (χ0n) is 6.43. The van der Waals surface area contributed by atoms with Gasteiger partial charge in [0.05, 0.1) is 0 Å². The van der Waals surface area contributed by atoms with E-state index in [0.29, 0.717) is 0 Å². The van der Waals surface area contributed by atoms with Crippen LogP contribution in [0.3, 0.4) is 0 Å². The number of amidine groups is 1. The molecule has 74 valence electrons. The van der Waals surface area contributed by atoms with Gasteiger partial charge >= 0.3 is 6.09 Å². The van der Waals surface area contributed by atoms with Gasteiger partial charge in [-0.15, -0.1) is 24.1 Å². The largest absolute Gasteiger partial charge is 0.465 e. The lowest BCUT2D eigenvalue weighted by molar-refractivity contribution is 0.200. The van der Waals surface area contributed by atoms with Crippen LogP contribution in [0.1, 0.15) is 0 Å². The highest BCUT2D eigenvalue weighted by atomic mass is 35.5. The number of allylic oxidation sites excluding steroid dienone is 2. The number of carboxylic acid groups (broad SMARTS) is 1. The molecule has 0 unspecified atom stereocenters. The molecule has 1 heterocycles. The Morgan fingerprint density at radius 1 is 1.46 bits per heavy atom. The average molecular weight is 241 g/mol. The van der Waals surface area contributed by atoms with Gasteiger partial charge in [0.2, 0.25) is 0 Å². The number of rotatable bonds is 0. The molecule has 0 atom stereocenters. The molecule has 0 spiro atoms. The number of halogens is 1. The quantitative estimate of drug-likeness (QED) is 0.227. The summed E-state index contributed by atoms with van der Waals surface area (Å²) in [6.45, 7) is 0. The number of nitrogens with one attached hydrogen (secondary N) is 2. The Morgan fingerprint density at radius 3 is 2.31 bits per heavy atom. The van der Waals surface area contributed by atoms with E-state index in [0.717, 1.165) is 0 Å². The van der Waals surface area contributed by atoms with Crippen molar-refractivity contribution in [1.82, 2.24) is 5.32 Å². The molecule has 0 bridgehead atoms. The van der Waals surface area contributed by atoms with Crippen LogP contribution in [0.4, 0.5) is 4.79 Å². The Hall–Kier alpha value is -0.590. The smallest absolute Gasteiger partial charge is 0.410 e. The average Bonchev–Trinajstić information content (AvgIpc) is 2.36. The molecule has 0 fully saturated rings. The molecular weight excluding hydrogens is 232 g/mol. The summed E-state index contributed by atoms with van der Waals surface area (Å²) in [6.07, 6.45) is 2.27. The first-order valence-corrected chi connectivity index (χ1v) is 5.85. The molecule has 0 saturated heterocycles. The Bertz CT molecular complexity index is 278. The van der Waals surface area contributed by atoms with Crippen molar-refractivity contribution in [2.45, 2.75) is 0 Å². The van der Waals surface area contributed by atoms with Crippen LogP contribution in [0, 0.1) is 5.41 Å². The third-order valence-electron chi connectivity index (χ3n) is 1.23. The van der Waals surface area contributed by atoms with Gasteiger partial charge in [0.25, 0.3) is 0 Å². The molecule has 13 heavy (non-hydrogen) atoms. The fourth-order valence-corrected chi connectivity index (χ4v) is 2.52. The predicted molar refractivity (Wildman–Crippen MR) is 61.0 cm³/mol. The van der Waals surface area contributed by atoms with Gasteiger partial charge in [-0.25, -0.2) is 4.79 Å². The van der Waals surface area contributed by atoms with Crippen molar-refractivity contribution in [3.8, 4) is 0 Å². The number of amides is 1. The Labute approximate surface area is 88.1 Å². The molecule has 1 rings (SSSR count). The van der Waals surface area contributed by atoms with E-state index < -0.39 is 15.2 Å². The minimum atomic E-state index is -1.75. The first-order valence-electron chi connectivity index (χ1n) is 3.04. The van der Waals surface area contributed by atoms with Gasteiger partial charge in [-0.05, 0) is 10.8 Å². The van der Waals surface area contributed by atoms with Gasteiger partial charge in [-0.3, -0.25) is 10.7 Å². The molecule has 0 radical (unpaired) electrons. The van der Waals surface area contributed by atoms with E-state index in [1.165, 1.54) is 0 Å². The summed E-state index contributed by atoms with van der Waals surface area (Å²) in [5.41, 5.74) is 0. The van der Waals surface area contributed by atoms with Crippen LogP contribution in [-0.4, -0.2) is 16.4 Å². The molecule has 0 aromatic carbocycles. The van der Waals surface area contributed by atoms with Crippen LogP contribution in [0.25, 0.3) is 0 Å². The number of thiol groups is 1. The van der Waals surface area contributed by atoms with Crippen molar-refractivity contribution < 1.29 is 9.90 Å². The first-order chi connectivity index (χ1) is 5.54. The highest BCUT2D eigenvalue weighted by Gasteiger charge is 2.22. The molecule has 0 aromatic heterocycles. The lowest BCUT2D eigenvalue weighted by atomic mass is 10.6. The number of hydrogen-bond acceptors (Lipinski definition) is 3. The van der Waals surface area contributed by atoms with E-state index in [-0.39, 0.29) is 17.6 Å². The molecule has 1 amide bonds. The van der Waals surface area contributed by atoms with Crippen molar-refractivity contribution in [3.63, 3.8) is 0 Å². The van der Waals surface area contributed by atoms with Crippen molar-refractivity contribution in [1.29, 1.82) is 5.41 Å². The second-order valence-electron chi connectivity index (χ2n) is 2.09. The third kappa shape index (κ3) is 2.98. The third-order valence-corrected chi connectivity index (χ3v) is 4.41. The van der Waals surface area contributed by atoms with Crippen molar-refractivity contribution in [3.05, 3.63) is 23.0 Å². The summed E-state index contributed by atoms with van der Waals surface area (Å²) in [6, 6.07) is 0. The topological polar surface area (TPSA) is 73.2 Å². The zero-order chi connectivity index (χ0) is 9.19. The summed E-state index contributed by atoms with van der Waals surface area (Å²) in [7, 11) is -1.75. The maximum atomic E-state index is 10.2. The lowest BCUT2D eigenvalue weighted by Crippen LogP contribution is -2.28. The van der Waals surface area contributed by atoms with Gasteiger partial charge < -0.3 is 5.11 Å². The molecule has 1 aliphatic heterocycles. The normalized spacial score (nSPS) is 18.8. The number of hydrogen-bond donors (Lipinski definition) is 4. The molecular formula is C6H9ClN2O2S2. The van der Waals surface area contributed by atoms with Crippen LogP contribution >= 0.6 is 33.1 Å². The highest BCUT2D eigenvalue weighted by Crippen LogP contribution is 2.58. The van der Waals surface area contributed by atoms with E-state index in [4.69, 9.17) is 10.5 Å². The molecule has 4 nitrogen and oxygen atoms in total. The van der Waals surface area contributed by atoms with E-state index >= 15 is 0 Å². The molecule has 3 N–H and O–H groups in total. The molecule has 7 heteroatoms. The zero-order valence-corrected chi connectivity index (χ0v) is 8.96. The van der Waals surface area contributed by atoms with Crippen LogP contribution in [0.15, 0.2) is 23.0 Å². The Balaban J connectivity index is 0.00000144. The summed E-state index contributed by atoms with van der Waals surface area (Å²) in [5, 5.41) is 21.1. The van der Waals surface area contributed by atoms with Crippen molar-refractivity contribution >= 4 is 44.4 Å². The second-order valence-corrected chi connectivity index (χ2v) is 6.20. The van der Waals surface area contributed by atoms with E-state index in [9.17, 15) is 4.79 Å². The fourth-order valence-electron chi connectivity index (χ4n) is 0.691. The maximum Gasteiger partial charge on any atom is 0.410 e. The van der Waals surface area contributed by atoms with E-state index in [1.807, 2.05) is 5.32 Å². The van der Waals surface area contributed by atoms with Crippen LogP contribution in [0.2, 0.25) is 0 Å².